The molecular formula is C16H26Cl2N4O. The molecule has 1 amide bonds. The zero-order valence-corrected chi connectivity index (χ0v) is 15.4. The summed E-state index contributed by atoms with van der Waals surface area (Å²) < 4.78 is 2.08. The molecule has 2 aliphatic rings. The minimum Gasteiger partial charge on any atom is -0.334 e. The number of aromatic nitrogens is 2. The third kappa shape index (κ3) is 3.83. The predicted molar refractivity (Wildman–Crippen MR) is 94.7 cm³/mol. The van der Waals surface area contributed by atoms with E-state index in [1.54, 1.807) is 0 Å². The second-order valence-electron chi connectivity index (χ2n) is 6.76. The number of fused-ring (bicyclic) bond motifs is 1. The Morgan fingerprint density at radius 1 is 1.30 bits per heavy atom. The highest BCUT2D eigenvalue weighted by atomic mass is 35.5. The van der Waals surface area contributed by atoms with E-state index in [4.69, 9.17) is 11.6 Å². The van der Waals surface area contributed by atoms with Gasteiger partial charge in [-0.05, 0) is 38.3 Å². The minimum atomic E-state index is 0. The monoisotopic (exact) mass is 360 g/mol. The number of piperidine rings is 1. The average Bonchev–Trinajstić information content (AvgIpc) is 2.84. The number of nitrogens with one attached hydrogen (secondary N) is 1. The summed E-state index contributed by atoms with van der Waals surface area (Å²) in [4.78, 5) is 19.0. The number of nitrogens with zero attached hydrogens (tertiary/aromatic N) is 3. The first kappa shape index (κ1) is 18.6. The van der Waals surface area contributed by atoms with Crippen LogP contribution in [0.15, 0.2) is 0 Å². The van der Waals surface area contributed by atoms with Crippen LogP contribution in [0.3, 0.4) is 0 Å². The Labute approximate surface area is 149 Å². The molecule has 0 aliphatic carbocycles. The van der Waals surface area contributed by atoms with Crippen molar-refractivity contribution >= 4 is 29.9 Å². The Balaban J connectivity index is 0.00000192. The summed E-state index contributed by atoms with van der Waals surface area (Å²) in [5.41, 5.74) is 1.08. The summed E-state index contributed by atoms with van der Waals surface area (Å²) in [6.07, 6.45) is 3.16. The molecule has 0 aromatic carbocycles. The van der Waals surface area contributed by atoms with Crippen LogP contribution in [0.5, 0.6) is 0 Å². The molecule has 2 aliphatic heterocycles. The fourth-order valence-corrected chi connectivity index (χ4v) is 3.74. The van der Waals surface area contributed by atoms with Gasteiger partial charge in [0.25, 0.3) is 5.91 Å². The number of carbonyl (C=O) groups is 1. The summed E-state index contributed by atoms with van der Waals surface area (Å²) in [5.74, 6) is 1.59. The maximum atomic E-state index is 12.6. The zero-order valence-electron chi connectivity index (χ0n) is 13.8. The molecule has 0 radical (unpaired) electrons. The van der Waals surface area contributed by atoms with E-state index in [1.807, 2.05) is 4.90 Å². The van der Waals surface area contributed by atoms with E-state index >= 15 is 0 Å². The SMILES string of the molecule is CC(C)CCN1CCn2c(nc(Cl)c2C2CCNCC2)C1=O.Cl. The first-order chi connectivity index (χ1) is 10.6. The van der Waals surface area contributed by atoms with Gasteiger partial charge in [-0.1, -0.05) is 25.4 Å². The molecular weight excluding hydrogens is 335 g/mol. The fraction of sp³-hybridized carbons (Fsp3) is 0.750. The van der Waals surface area contributed by atoms with Crippen molar-refractivity contribution in [1.29, 1.82) is 0 Å². The van der Waals surface area contributed by atoms with Gasteiger partial charge >= 0.3 is 0 Å². The normalized spacial score (nSPS) is 19.0. The maximum Gasteiger partial charge on any atom is 0.289 e. The molecule has 3 rings (SSSR count). The lowest BCUT2D eigenvalue weighted by molar-refractivity contribution is 0.0686. The Morgan fingerprint density at radius 3 is 2.65 bits per heavy atom. The Morgan fingerprint density at radius 2 is 2.00 bits per heavy atom. The zero-order chi connectivity index (χ0) is 15.7. The highest BCUT2D eigenvalue weighted by Crippen LogP contribution is 2.33. The van der Waals surface area contributed by atoms with Crippen LogP contribution in [0.2, 0.25) is 5.15 Å². The standard InChI is InChI=1S/C16H25ClN4O.ClH/c1-11(2)5-8-20-9-10-21-13(12-3-6-18-7-4-12)14(17)19-15(21)16(20)22;/h11-12,18H,3-10H2,1-2H3;1H. The van der Waals surface area contributed by atoms with Gasteiger partial charge in [-0.3, -0.25) is 4.79 Å². The molecule has 1 N–H and O–H groups in total. The highest BCUT2D eigenvalue weighted by Gasteiger charge is 2.32. The van der Waals surface area contributed by atoms with Gasteiger partial charge in [0.1, 0.15) is 0 Å². The van der Waals surface area contributed by atoms with Gasteiger partial charge in [0, 0.05) is 25.6 Å². The Bertz CT molecular complexity index is 553. The Hall–Kier alpha value is -0.780. The third-order valence-corrected chi connectivity index (χ3v) is 5.01. The van der Waals surface area contributed by atoms with Crippen LogP contribution in [-0.4, -0.2) is 46.5 Å². The smallest absolute Gasteiger partial charge is 0.289 e. The van der Waals surface area contributed by atoms with Crippen molar-refractivity contribution < 1.29 is 4.79 Å². The van der Waals surface area contributed by atoms with Crippen molar-refractivity contribution in [1.82, 2.24) is 19.8 Å². The van der Waals surface area contributed by atoms with Gasteiger partial charge in [-0.25, -0.2) is 4.98 Å². The first-order valence-corrected chi connectivity index (χ1v) is 8.71. The van der Waals surface area contributed by atoms with Crippen LogP contribution in [0, 0.1) is 5.92 Å². The topological polar surface area (TPSA) is 50.2 Å². The maximum absolute atomic E-state index is 12.6. The number of carbonyl (C=O) groups excluding carboxylic acids is 1. The quantitative estimate of drug-likeness (QED) is 0.897. The van der Waals surface area contributed by atoms with E-state index in [2.05, 4.69) is 28.7 Å². The number of amides is 1. The van der Waals surface area contributed by atoms with Crippen LogP contribution in [0.1, 0.15) is 55.3 Å². The van der Waals surface area contributed by atoms with E-state index < -0.39 is 0 Å². The predicted octanol–water partition coefficient (Wildman–Crippen LogP) is 2.93. The largest absolute Gasteiger partial charge is 0.334 e. The van der Waals surface area contributed by atoms with E-state index in [0.29, 0.717) is 22.8 Å². The van der Waals surface area contributed by atoms with E-state index in [9.17, 15) is 4.79 Å². The van der Waals surface area contributed by atoms with Gasteiger partial charge in [0.05, 0.1) is 5.69 Å². The number of halogens is 2. The van der Waals surface area contributed by atoms with Crippen molar-refractivity contribution in [3.8, 4) is 0 Å². The molecule has 0 spiro atoms. The molecule has 130 valence electrons. The fourth-order valence-electron chi connectivity index (χ4n) is 3.40. The Kier molecular flexibility index (Phi) is 6.34. The van der Waals surface area contributed by atoms with Crippen molar-refractivity contribution in [2.75, 3.05) is 26.2 Å². The highest BCUT2D eigenvalue weighted by molar-refractivity contribution is 6.30. The van der Waals surface area contributed by atoms with Gasteiger partial charge in [-0.15, -0.1) is 12.4 Å². The van der Waals surface area contributed by atoms with Crippen molar-refractivity contribution in [2.24, 2.45) is 5.92 Å². The van der Waals surface area contributed by atoms with Crippen molar-refractivity contribution in [3.05, 3.63) is 16.7 Å². The summed E-state index contributed by atoms with van der Waals surface area (Å²) >= 11 is 6.39. The number of hydrogen-bond acceptors (Lipinski definition) is 3. The summed E-state index contributed by atoms with van der Waals surface area (Å²) in [6, 6.07) is 0. The molecule has 1 aromatic rings. The summed E-state index contributed by atoms with van der Waals surface area (Å²) in [6.45, 7) is 8.78. The molecule has 0 unspecified atom stereocenters. The van der Waals surface area contributed by atoms with Crippen LogP contribution in [0.4, 0.5) is 0 Å². The van der Waals surface area contributed by atoms with Crippen LogP contribution >= 0.6 is 24.0 Å². The molecule has 1 aromatic heterocycles. The molecule has 1 fully saturated rings. The van der Waals surface area contributed by atoms with Crippen LogP contribution in [0.25, 0.3) is 0 Å². The van der Waals surface area contributed by atoms with Crippen molar-refractivity contribution in [2.45, 2.75) is 45.6 Å². The number of hydrogen-bond donors (Lipinski definition) is 1. The van der Waals surface area contributed by atoms with E-state index in [0.717, 1.165) is 57.7 Å². The molecule has 0 saturated carbocycles. The molecule has 1 saturated heterocycles. The average molecular weight is 361 g/mol. The number of rotatable bonds is 4. The van der Waals surface area contributed by atoms with Crippen LogP contribution in [-0.2, 0) is 6.54 Å². The lowest BCUT2D eigenvalue weighted by Crippen LogP contribution is -2.42. The molecule has 7 heteroatoms. The van der Waals surface area contributed by atoms with Crippen LogP contribution < -0.4 is 5.32 Å². The molecule has 23 heavy (non-hydrogen) atoms. The second kappa shape index (κ2) is 7.86. The van der Waals surface area contributed by atoms with Crippen molar-refractivity contribution in [3.63, 3.8) is 0 Å². The van der Waals surface area contributed by atoms with E-state index in [-0.39, 0.29) is 18.3 Å². The summed E-state index contributed by atoms with van der Waals surface area (Å²) in [5, 5.41) is 3.90. The van der Waals surface area contributed by atoms with Gasteiger partial charge in [-0.2, -0.15) is 0 Å². The van der Waals surface area contributed by atoms with Gasteiger partial charge < -0.3 is 14.8 Å². The minimum absolute atomic E-state index is 0. The van der Waals surface area contributed by atoms with Gasteiger partial charge in [0.2, 0.25) is 5.82 Å². The summed E-state index contributed by atoms with van der Waals surface area (Å²) in [7, 11) is 0. The van der Waals surface area contributed by atoms with Gasteiger partial charge in [0.15, 0.2) is 5.15 Å². The molecule has 3 heterocycles. The number of imidazole rings is 1. The second-order valence-corrected chi connectivity index (χ2v) is 7.12. The molecule has 5 nitrogen and oxygen atoms in total. The first-order valence-electron chi connectivity index (χ1n) is 8.34. The lowest BCUT2D eigenvalue weighted by atomic mass is 9.95. The molecule has 0 atom stereocenters. The third-order valence-electron chi connectivity index (χ3n) is 4.74. The van der Waals surface area contributed by atoms with E-state index in [1.165, 1.54) is 0 Å². The molecule has 0 bridgehead atoms. The lowest BCUT2D eigenvalue weighted by Gasteiger charge is -2.30.